The average molecular weight is 533 g/mol. The Balaban J connectivity index is 0.00000240. The lowest BCUT2D eigenvalue weighted by molar-refractivity contribution is -0.142. The summed E-state index contributed by atoms with van der Waals surface area (Å²) in [5, 5.41) is 4.36. The molecular weight excluding hydrogens is 503 g/mol. The van der Waals surface area contributed by atoms with E-state index in [1.54, 1.807) is 0 Å². The number of hydrogen-bond donors (Lipinski definition) is 1. The molecule has 8 heteroatoms. The van der Waals surface area contributed by atoms with Crippen LogP contribution in [0.25, 0.3) is 0 Å². The van der Waals surface area contributed by atoms with Crippen LogP contribution in [-0.2, 0) is 14.9 Å². The van der Waals surface area contributed by atoms with Crippen molar-refractivity contribution in [3.8, 4) is 0 Å². The third-order valence-electron chi connectivity index (χ3n) is 6.18. The highest BCUT2D eigenvalue weighted by Crippen LogP contribution is 2.48. The first-order chi connectivity index (χ1) is 13.6. The van der Waals surface area contributed by atoms with Gasteiger partial charge < -0.3 is 19.9 Å². The summed E-state index contributed by atoms with van der Waals surface area (Å²) in [6.07, 6.45) is 3.95. The zero-order valence-corrected chi connectivity index (χ0v) is 20.0. The second-order valence-electron chi connectivity index (χ2n) is 8.01. The molecule has 0 bridgehead atoms. The number of carbonyl (C=O) groups excluding carboxylic acids is 1. The number of hydrogen-bond acceptors (Lipinski definition) is 3. The molecule has 1 atom stereocenters. The van der Waals surface area contributed by atoms with E-state index in [1.165, 1.54) is 18.4 Å². The Bertz CT molecular complexity index is 742. The molecule has 4 rings (SSSR count). The molecular formula is C21H30ClIN4O2. The first kappa shape index (κ1) is 22.6. The molecule has 1 unspecified atom stereocenters. The third kappa shape index (κ3) is 5.17. The molecule has 1 saturated carbocycles. The number of guanidine groups is 1. The highest BCUT2D eigenvalue weighted by Gasteiger charge is 2.44. The maximum Gasteiger partial charge on any atom is 0.251 e. The van der Waals surface area contributed by atoms with Crippen LogP contribution in [0.4, 0.5) is 0 Å². The van der Waals surface area contributed by atoms with Crippen LogP contribution >= 0.6 is 35.6 Å². The van der Waals surface area contributed by atoms with E-state index >= 15 is 0 Å². The van der Waals surface area contributed by atoms with Crippen LogP contribution < -0.4 is 5.32 Å². The van der Waals surface area contributed by atoms with Gasteiger partial charge in [-0.3, -0.25) is 9.79 Å². The van der Waals surface area contributed by atoms with Crippen LogP contribution in [0.5, 0.6) is 0 Å². The van der Waals surface area contributed by atoms with E-state index in [-0.39, 0.29) is 41.4 Å². The summed E-state index contributed by atoms with van der Waals surface area (Å²) < 4.78 is 5.55. The van der Waals surface area contributed by atoms with Gasteiger partial charge in [0, 0.05) is 56.8 Å². The van der Waals surface area contributed by atoms with Crippen molar-refractivity contribution in [2.24, 2.45) is 4.99 Å². The number of nitrogens with zero attached hydrogens (tertiary/aromatic N) is 3. The van der Waals surface area contributed by atoms with Crippen LogP contribution in [-0.4, -0.2) is 74.1 Å². The standard InChI is InChI=1S/C21H29ClN4O2.HI/c1-23-20(24-15-21(7-8-21)16-4-2-5-17(22)14-16)26-11-9-25(10-12-26)19(27)18-6-3-13-28-18;/h2,4-5,14,18H,3,6-13,15H2,1H3,(H,23,24);1H. The minimum Gasteiger partial charge on any atom is -0.368 e. The fourth-order valence-corrected chi connectivity index (χ4v) is 4.42. The van der Waals surface area contributed by atoms with E-state index in [0.717, 1.165) is 56.5 Å². The SMILES string of the molecule is CN=C(NCC1(c2cccc(Cl)c2)CC1)N1CCN(C(=O)C2CCCO2)CC1.I. The Morgan fingerprint density at radius 3 is 2.59 bits per heavy atom. The predicted molar refractivity (Wildman–Crippen MR) is 126 cm³/mol. The average Bonchev–Trinajstić information content (AvgIpc) is 3.31. The molecule has 6 nitrogen and oxygen atoms in total. The number of piperazine rings is 1. The van der Waals surface area contributed by atoms with E-state index in [2.05, 4.69) is 27.3 Å². The third-order valence-corrected chi connectivity index (χ3v) is 6.42. The molecule has 2 saturated heterocycles. The Morgan fingerprint density at radius 1 is 1.28 bits per heavy atom. The van der Waals surface area contributed by atoms with Gasteiger partial charge in [0.05, 0.1) is 0 Å². The van der Waals surface area contributed by atoms with Crippen molar-refractivity contribution >= 4 is 47.4 Å². The molecule has 1 N–H and O–H groups in total. The summed E-state index contributed by atoms with van der Waals surface area (Å²) in [7, 11) is 1.82. The molecule has 0 spiro atoms. The molecule has 0 radical (unpaired) electrons. The largest absolute Gasteiger partial charge is 0.368 e. The second kappa shape index (κ2) is 9.83. The maximum absolute atomic E-state index is 12.5. The van der Waals surface area contributed by atoms with E-state index in [4.69, 9.17) is 16.3 Å². The number of nitrogens with one attached hydrogen (secondary N) is 1. The second-order valence-corrected chi connectivity index (χ2v) is 8.44. The quantitative estimate of drug-likeness (QED) is 0.368. The molecule has 1 aromatic carbocycles. The Kier molecular flexibility index (Phi) is 7.67. The Hall–Kier alpha value is -1.06. The van der Waals surface area contributed by atoms with Crippen molar-refractivity contribution in [2.75, 3.05) is 46.4 Å². The predicted octanol–water partition coefficient (Wildman–Crippen LogP) is 2.89. The molecule has 1 aromatic rings. The lowest BCUT2D eigenvalue weighted by atomic mass is 9.96. The van der Waals surface area contributed by atoms with Crippen molar-refractivity contribution in [3.63, 3.8) is 0 Å². The van der Waals surface area contributed by atoms with Gasteiger partial charge in [-0.05, 0) is 43.4 Å². The minimum atomic E-state index is -0.226. The highest BCUT2D eigenvalue weighted by molar-refractivity contribution is 14.0. The molecule has 29 heavy (non-hydrogen) atoms. The lowest BCUT2D eigenvalue weighted by Crippen LogP contribution is -2.55. The van der Waals surface area contributed by atoms with Gasteiger partial charge in [0.15, 0.2) is 5.96 Å². The van der Waals surface area contributed by atoms with Gasteiger partial charge in [-0.25, -0.2) is 0 Å². The number of rotatable bonds is 4. The zero-order valence-electron chi connectivity index (χ0n) is 16.9. The van der Waals surface area contributed by atoms with Crippen LogP contribution in [0.2, 0.25) is 5.02 Å². The number of carbonyl (C=O) groups is 1. The normalized spacial score (nSPS) is 23.5. The number of amides is 1. The molecule has 1 amide bonds. The van der Waals surface area contributed by atoms with E-state index in [1.807, 2.05) is 24.1 Å². The molecule has 0 aromatic heterocycles. The van der Waals surface area contributed by atoms with Crippen molar-refractivity contribution < 1.29 is 9.53 Å². The Morgan fingerprint density at radius 2 is 2.00 bits per heavy atom. The van der Waals surface area contributed by atoms with Gasteiger partial charge in [0.1, 0.15) is 6.10 Å². The fraction of sp³-hybridized carbons (Fsp3) is 0.619. The van der Waals surface area contributed by atoms with Gasteiger partial charge in [0.25, 0.3) is 5.91 Å². The van der Waals surface area contributed by atoms with Gasteiger partial charge in [-0.2, -0.15) is 0 Å². The molecule has 2 heterocycles. The van der Waals surface area contributed by atoms with Crippen molar-refractivity contribution in [3.05, 3.63) is 34.9 Å². The topological polar surface area (TPSA) is 57.2 Å². The summed E-state index contributed by atoms with van der Waals surface area (Å²) in [6.45, 7) is 4.60. The first-order valence-corrected chi connectivity index (χ1v) is 10.6. The molecule has 1 aliphatic carbocycles. The summed E-state index contributed by atoms with van der Waals surface area (Å²) in [6, 6.07) is 8.19. The number of benzene rings is 1. The fourth-order valence-electron chi connectivity index (χ4n) is 4.23. The Labute approximate surface area is 195 Å². The van der Waals surface area contributed by atoms with Gasteiger partial charge in [-0.15, -0.1) is 24.0 Å². The summed E-state index contributed by atoms with van der Waals surface area (Å²) >= 11 is 6.18. The highest BCUT2D eigenvalue weighted by atomic mass is 127. The zero-order chi connectivity index (χ0) is 19.6. The summed E-state index contributed by atoms with van der Waals surface area (Å²) in [5.41, 5.74) is 1.47. The number of ether oxygens (including phenoxy) is 1. The number of halogens is 2. The molecule has 3 fully saturated rings. The van der Waals surface area contributed by atoms with Gasteiger partial charge >= 0.3 is 0 Å². The van der Waals surface area contributed by atoms with Crippen LogP contribution in [0, 0.1) is 0 Å². The van der Waals surface area contributed by atoms with Crippen LogP contribution in [0.3, 0.4) is 0 Å². The van der Waals surface area contributed by atoms with E-state index < -0.39 is 0 Å². The smallest absolute Gasteiger partial charge is 0.251 e. The molecule has 3 aliphatic rings. The van der Waals surface area contributed by atoms with Crippen LogP contribution in [0.15, 0.2) is 29.3 Å². The summed E-state index contributed by atoms with van der Waals surface area (Å²) in [4.78, 5) is 21.2. The van der Waals surface area contributed by atoms with E-state index in [0.29, 0.717) is 6.61 Å². The van der Waals surface area contributed by atoms with Gasteiger partial charge in [0.2, 0.25) is 0 Å². The summed E-state index contributed by atoms with van der Waals surface area (Å²) in [5.74, 6) is 1.07. The van der Waals surface area contributed by atoms with Crippen LogP contribution in [0.1, 0.15) is 31.2 Å². The van der Waals surface area contributed by atoms with Crippen molar-refractivity contribution in [1.82, 2.24) is 15.1 Å². The van der Waals surface area contributed by atoms with E-state index in [9.17, 15) is 4.79 Å². The molecule has 2 aliphatic heterocycles. The number of aliphatic imine (C=N–C) groups is 1. The van der Waals surface area contributed by atoms with Crippen molar-refractivity contribution in [1.29, 1.82) is 0 Å². The van der Waals surface area contributed by atoms with Crippen molar-refractivity contribution in [2.45, 2.75) is 37.2 Å². The first-order valence-electron chi connectivity index (χ1n) is 10.2. The van der Waals surface area contributed by atoms with Gasteiger partial charge in [-0.1, -0.05) is 23.7 Å². The molecule has 160 valence electrons. The monoisotopic (exact) mass is 532 g/mol. The maximum atomic E-state index is 12.5. The lowest BCUT2D eigenvalue weighted by Gasteiger charge is -2.37. The minimum absolute atomic E-state index is 0.